The van der Waals surface area contributed by atoms with E-state index in [1.165, 1.54) is 0 Å². The van der Waals surface area contributed by atoms with Gasteiger partial charge in [-0.15, -0.1) is 0 Å². The van der Waals surface area contributed by atoms with E-state index in [9.17, 15) is 9.59 Å². The van der Waals surface area contributed by atoms with Crippen molar-refractivity contribution in [3.8, 4) is 0 Å². The number of carboxylic acid groups (broad SMARTS) is 1. The quantitative estimate of drug-likeness (QED) is 0.503. The zero-order chi connectivity index (χ0) is 20.6. The van der Waals surface area contributed by atoms with Gasteiger partial charge in [0.1, 0.15) is 0 Å². The average molecular weight is 415 g/mol. The van der Waals surface area contributed by atoms with Crippen LogP contribution in [0.15, 0.2) is 54.6 Å². The van der Waals surface area contributed by atoms with Crippen LogP contribution in [0.25, 0.3) is 0 Å². The summed E-state index contributed by atoms with van der Waals surface area (Å²) in [5, 5.41) is 9.37. The molecule has 1 atom stereocenters. The van der Waals surface area contributed by atoms with Crippen molar-refractivity contribution in [1.29, 1.82) is 0 Å². The van der Waals surface area contributed by atoms with Crippen molar-refractivity contribution in [2.45, 2.75) is 44.6 Å². The van der Waals surface area contributed by atoms with E-state index in [0.717, 1.165) is 43.4 Å². The number of carbonyl (C=O) groups excluding carboxylic acids is 1. The first-order chi connectivity index (χ1) is 14.1. The molecule has 0 aromatic heterocycles. The Hall–Kier alpha value is -2.53. The molecule has 1 saturated heterocycles. The molecule has 2 aromatic rings. The summed E-state index contributed by atoms with van der Waals surface area (Å²) in [5.74, 6) is -0.734. The third kappa shape index (κ3) is 5.73. The molecule has 0 radical (unpaired) electrons. The fourth-order valence-corrected chi connectivity index (χ4v) is 3.89. The maximum absolute atomic E-state index is 13.2. The molecule has 1 unspecified atom stereocenters. The van der Waals surface area contributed by atoms with E-state index < -0.39 is 5.97 Å². The maximum Gasteiger partial charge on any atom is 0.325 e. The summed E-state index contributed by atoms with van der Waals surface area (Å²) >= 11 is 6.04. The minimum Gasteiger partial charge on any atom is -0.481 e. The maximum atomic E-state index is 13.2. The summed E-state index contributed by atoms with van der Waals surface area (Å²) in [7, 11) is 0. The van der Waals surface area contributed by atoms with Gasteiger partial charge in [0.15, 0.2) is 0 Å². The first-order valence-electron chi connectivity index (χ1n) is 10.2. The van der Waals surface area contributed by atoms with Crippen LogP contribution in [0.5, 0.6) is 0 Å². The molecule has 154 valence electrons. The largest absolute Gasteiger partial charge is 0.481 e. The van der Waals surface area contributed by atoms with E-state index in [2.05, 4.69) is 0 Å². The number of carbonyl (C=O) groups is 2. The Labute approximate surface area is 176 Å². The minimum atomic E-state index is -0.734. The van der Waals surface area contributed by atoms with Crippen LogP contribution in [0.2, 0.25) is 5.02 Å². The molecule has 1 fully saturated rings. The van der Waals surface area contributed by atoms with E-state index >= 15 is 0 Å². The van der Waals surface area contributed by atoms with Crippen molar-refractivity contribution in [3.05, 3.63) is 65.2 Å². The number of benzene rings is 2. The normalized spacial score (nSPS) is 16.4. The van der Waals surface area contributed by atoms with Crippen molar-refractivity contribution in [1.82, 2.24) is 4.90 Å². The average Bonchev–Trinajstić information content (AvgIpc) is 3.04. The second kappa shape index (κ2) is 10.3. The molecule has 0 bridgehead atoms. The van der Waals surface area contributed by atoms with E-state index in [4.69, 9.17) is 16.7 Å². The van der Waals surface area contributed by atoms with Crippen molar-refractivity contribution in [3.63, 3.8) is 0 Å². The first-order valence-corrected chi connectivity index (χ1v) is 10.5. The number of aliphatic carboxylic acids is 1. The number of amides is 2. The lowest BCUT2D eigenvalue weighted by atomic mass is 10.1. The van der Waals surface area contributed by atoms with Crippen LogP contribution >= 0.6 is 11.6 Å². The molecule has 29 heavy (non-hydrogen) atoms. The van der Waals surface area contributed by atoms with Crippen molar-refractivity contribution < 1.29 is 14.7 Å². The molecule has 1 aliphatic heterocycles. The number of urea groups is 1. The number of nitrogens with zero attached hydrogens (tertiary/aromatic N) is 2. The molecule has 0 aliphatic carbocycles. The Balaban J connectivity index is 1.62. The monoisotopic (exact) mass is 414 g/mol. The van der Waals surface area contributed by atoms with Gasteiger partial charge < -0.3 is 10.0 Å². The van der Waals surface area contributed by atoms with Gasteiger partial charge >= 0.3 is 12.0 Å². The van der Waals surface area contributed by atoms with Crippen LogP contribution in [-0.4, -0.2) is 35.1 Å². The Bertz CT molecular complexity index is 811. The van der Waals surface area contributed by atoms with Gasteiger partial charge in [-0.05, 0) is 42.7 Å². The second-order valence-corrected chi connectivity index (χ2v) is 7.85. The molecule has 2 aromatic carbocycles. The number of hydrogen-bond donors (Lipinski definition) is 1. The van der Waals surface area contributed by atoms with Gasteiger partial charge in [-0.2, -0.15) is 0 Å². The lowest BCUT2D eigenvalue weighted by Crippen LogP contribution is -2.33. The molecule has 5 nitrogen and oxygen atoms in total. The third-order valence-corrected chi connectivity index (χ3v) is 5.54. The number of unbranched alkanes of at least 4 members (excludes halogenated alkanes) is 4. The van der Waals surface area contributed by atoms with Crippen molar-refractivity contribution in [2.24, 2.45) is 0 Å². The highest BCUT2D eigenvalue weighted by Gasteiger charge is 2.38. The summed E-state index contributed by atoms with van der Waals surface area (Å²) in [5.41, 5.74) is 1.97. The molecule has 1 N–H and O–H groups in total. The molecule has 1 heterocycles. The SMILES string of the molecule is O=C(O)CCCCCCCN1CC(c2ccc(Cl)cc2)N(c2ccccc2)C1=O. The number of halogens is 1. The predicted octanol–water partition coefficient (Wildman–Crippen LogP) is 5.75. The summed E-state index contributed by atoms with van der Waals surface area (Å²) in [6.07, 6.45) is 4.80. The lowest BCUT2D eigenvalue weighted by molar-refractivity contribution is -0.137. The standard InChI is InChI=1S/C23H27ClN2O3/c24-19-14-12-18(13-15-19)21-17-25(16-8-3-1-2-7-11-22(27)28)23(29)26(21)20-9-5-4-6-10-20/h4-6,9-10,12-15,21H,1-3,7-8,11,16-17H2,(H,27,28). The summed E-state index contributed by atoms with van der Waals surface area (Å²) in [6.45, 7) is 1.36. The second-order valence-electron chi connectivity index (χ2n) is 7.41. The van der Waals surface area contributed by atoms with Crippen LogP contribution < -0.4 is 4.90 Å². The number of hydrogen-bond acceptors (Lipinski definition) is 2. The molecule has 2 amide bonds. The summed E-state index contributed by atoms with van der Waals surface area (Å²) in [6, 6.07) is 17.5. The van der Waals surface area contributed by atoms with Gasteiger partial charge in [-0.25, -0.2) is 4.79 Å². The molecular formula is C23H27ClN2O3. The third-order valence-electron chi connectivity index (χ3n) is 5.29. The van der Waals surface area contributed by atoms with Gasteiger partial charge in [0, 0.05) is 30.2 Å². The van der Waals surface area contributed by atoms with Gasteiger partial charge in [-0.1, -0.05) is 61.2 Å². The lowest BCUT2D eigenvalue weighted by Gasteiger charge is -2.23. The van der Waals surface area contributed by atoms with E-state index in [0.29, 0.717) is 18.1 Å². The minimum absolute atomic E-state index is 0.0297. The number of rotatable bonds is 10. The Morgan fingerprint density at radius 1 is 0.966 bits per heavy atom. The number of carboxylic acids is 1. The molecular weight excluding hydrogens is 388 g/mol. The Morgan fingerprint density at radius 2 is 1.62 bits per heavy atom. The fourth-order valence-electron chi connectivity index (χ4n) is 3.77. The molecule has 0 spiro atoms. The first kappa shape index (κ1) is 21.2. The van der Waals surface area contributed by atoms with Crippen molar-refractivity contribution >= 4 is 29.3 Å². The molecule has 3 rings (SSSR count). The van der Waals surface area contributed by atoms with Crippen LogP contribution in [0.3, 0.4) is 0 Å². The highest BCUT2D eigenvalue weighted by Crippen LogP contribution is 2.35. The zero-order valence-corrected chi connectivity index (χ0v) is 17.2. The Morgan fingerprint density at radius 3 is 2.31 bits per heavy atom. The van der Waals surface area contributed by atoms with Crippen LogP contribution in [0, 0.1) is 0 Å². The highest BCUT2D eigenvalue weighted by molar-refractivity contribution is 6.30. The van der Waals surface area contributed by atoms with Gasteiger partial charge in [-0.3, -0.25) is 9.69 Å². The number of para-hydroxylation sites is 1. The molecule has 0 saturated carbocycles. The van der Waals surface area contributed by atoms with Crippen molar-refractivity contribution in [2.75, 3.05) is 18.0 Å². The van der Waals surface area contributed by atoms with Crippen LogP contribution in [0.1, 0.15) is 50.1 Å². The number of anilines is 1. The van der Waals surface area contributed by atoms with Crippen LogP contribution in [-0.2, 0) is 4.79 Å². The Kier molecular flexibility index (Phi) is 7.53. The molecule has 1 aliphatic rings. The predicted molar refractivity (Wildman–Crippen MR) is 115 cm³/mol. The van der Waals surface area contributed by atoms with E-state index in [1.807, 2.05) is 64.4 Å². The summed E-state index contributed by atoms with van der Waals surface area (Å²) < 4.78 is 0. The van der Waals surface area contributed by atoms with Gasteiger partial charge in [0.25, 0.3) is 0 Å². The topological polar surface area (TPSA) is 60.9 Å². The fraction of sp³-hybridized carbons (Fsp3) is 0.391. The highest BCUT2D eigenvalue weighted by atomic mass is 35.5. The summed E-state index contributed by atoms with van der Waals surface area (Å²) in [4.78, 5) is 27.5. The van der Waals surface area contributed by atoms with Crippen LogP contribution in [0.4, 0.5) is 10.5 Å². The van der Waals surface area contributed by atoms with Gasteiger partial charge in [0.05, 0.1) is 6.04 Å². The zero-order valence-electron chi connectivity index (χ0n) is 16.5. The van der Waals surface area contributed by atoms with E-state index in [-0.39, 0.29) is 18.5 Å². The molecule has 6 heteroatoms. The van der Waals surface area contributed by atoms with E-state index in [1.54, 1.807) is 0 Å². The van der Waals surface area contributed by atoms with Gasteiger partial charge in [0.2, 0.25) is 0 Å². The smallest absolute Gasteiger partial charge is 0.325 e.